The smallest absolute Gasteiger partial charge is 0.336 e. The Hall–Kier alpha value is -3.15. The molecule has 1 atom stereocenters. The fourth-order valence-corrected chi connectivity index (χ4v) is 3.68. The van der Waals surface area contributed by atoms with E-state index in [9.17, 15) is 14.4 Å². The number of hydrogen-bond acceptors (Lipinski definition) is 3. The van der Waals surface area contributed by atoms with Gasteiger partial charge in [-0.25, -0.2) is 9.36 Å². The number of carbonyl (C=O) groups is 1. The first-order chi connectivity index (χ1) is 13.8. The van der Waals surface area contributed by atoms with Crippen molar-refractivity contribution in [3.63, 3.8) is 0 Å². The molecule has 0 unspecified atom stereocenters. The van der Waals surface area contributed by atoms with Crippen LogP contribution in [0.25, 0.3) is 16.6 Å². The molecule has 150 valence electrons. The molecule has 1 saturated carbocycles. The average Bonchev–Trinajstić information content (AvgIpc) is 3.49. The summed E-state index contributed by atoms with van der Waals surface area (Å²) in [6, 6.07) is 10.4. The number of aromatic nitrogens is 2. The first-order valence-corrected chi connectivity index (χ1v) is 9.94. The van der Waals surface area contributed by atoms with Crippen molar-refractivity contribution in [3.8, 4) is 5.69 Å². The predicted octanol–water partition coefficient (Wildman–Crippen LogP) is 2.92. The molecular weight excluding hydrogens is 366 g/mol. The molecule has 1 N–H and O–H groups in total. The Morgan fingerprint density at radius 3 is 2.52 bits per heavy atom. The van der Waals surface area contributed by atoms with E-state index in [1.165, 1.54) is 9.13 Å². The van der Waals surface area contributed by atoms with Crippen LogP contribution in [0.5, 0.6) is 0 Å². The minimum Gasteiger partial charge on any atom is -0.352 e. The van der Waals surface area contributed by atoms with Crippen molar-refractivity contribution in [3.05, 3.63) is 73.9 Å². The van der Waals surface area contributed by atoms with Crippen molar-refractivity contribution in [2.45, 2.75) is 52.6 Å². The molecule has 1 aliphatic rings. The van der Waals surface area contributed by atoms with E-state index >= 15 is 0 Å². The summed E-state index contributed by atoms with van der Waals surface area (Å²) >= 11 is 0. The number of amides is 1. The van der Waals surface area contributed by atoms with Gasteiger partial charge >= 0.3 is 5.69 Å². The van der Waals surface area contributed by atoms with Crippen LogP contribution < -0.4 is 16.6 Å². The van der Waals surface area contributed by atoms with Crippen LogP contribution in [0.2, 0.25) is 0 Å². The van der Waals surface area contributed by atoms with Gasteiger partial charge in [0.2, 0.25) is 5.91 Å². The number of rotatable bonds is 4. The van der Waals surface area contributed by atoms with Crippen molar-refractivity contribution in [2.24, 2.45) is 0 Å². The Morgan fingerprint density at radius 2 is 1.83 bits per heavy atom. The quantitative estimate of drug-likeness (QED) is 0.743. The number of fused-ring (bicyclic) bond motifs is 1. The van der Waals surface area contributed by atoms with Gasteiger partial charge in [0.15, 0.2) is 0 Å². The molecule has 1 aromatic heterocycles. The fraction of sp³-hybridized carbons (Fsp3) is 0.348. The van der Waals surface area contributed by atoms with Gasteiger partial charge in [-0.3, -0.25) is 14.2 Å². The second kappa shape index (κ2) is 7.03. The first-order valence-electron chi connectivity index (χ1n) is 9.94. The highest BCUT2D eigenvalue weighted by atomic mass is 16.2. The molecule has 1 aliphatic carbocycles. The van der Waals surface area contributed by atoms with Crippen LogP contribution in [0.15, 0.2) is 46.0 Å². The SMILES string of the molecule is Cc1ccc2c(c1)c(=O)n(-c1cccc(C)c1C)c(=O)n2[C@@H](C)C(=O)NC1CC1. The maximum absolute atomic E-state index is 13.5. The van der Waals surface area contributed by atoms with Crippen LogP contribution in [0.1, 0.15) is 42.5 Å². The minimum absolute atomic E-state index is 0.194. The zero-order valence-electron chi connectivity index (χ0n) is 17.2. The van der Waals surface area contributed by atoms with Gasteiger partial charge in [0.05, 0.1) is 16.6 Å². The third-order valence-electron chi connectivity index (χ3n) is 5.75. The number of aryl methyl sites for hydroxylation is 2. The van der Waals surface area contributed by atoms with E-state index < -0.39 is 11.7 Å². The lowest BCUT2D eigenvalue weighted by Gasteiger charge is -2.20. The molecule has 0 radical (unpaired) electrons. The molecule has 0 bridgehead atoms. The summed E-state index contributed by atoms with van der Waals surface area (Å²) in [4.78, 5) is 39.6. The Bertz CT molecular complexity index is 1250. The molecule has 1 fully saturated rings. The molecule has 6 heteroatoms. The maximum Gasteiger partial charge on any atom is 0.336 e. The average molecular weight is 391 g/mol. The number of nitrogens with one attached hydrogen (secondary N) is 1. The van der Waals surface area contributed by atoms with E-state index in [-0.39, 0.29) is 17.5 Å². The first kappa shape index (κ1) is 19.2. The maximum atomic E-state index is 13.5. The summed E-state index contributed by atoms with van der Waals surface area (Å²) in [5, 5.41) is 3.39. The Morgan fingerprint density at radius 1 is 1.10 bits per heavy atom. The lowest BCUT2D eigenvalue weighted by Crippen LogP contribution is -2.44. The van der Waals surface area contributed by atoms with Crippen LogP contribution in [0.4, 0.5) is 0 Å². The Labute approximate surface area is 168 Å². The Kier molecular flexibility index (Phi) is 4.65. The van der Waals surface area contributed by atoms with Gasteiger partial charge in [0, 0.05) is 6.04 Å². The third kappa shape index (κ3) is 3.28. The predicted molar refractivity (Wildman–Crippen MR) is 114 cm³/mol. The van der Waals surface area contributed by atoms with E-state index in [1.54, 1.807) is 25.1 Å². The molecule has 2 aromatic carbocycles. The molecule has 1 heterocycles. The van der Waals surface area contributed by atoms with Gasteiger partial charge < -0.3 is 5.32 Å². The Balaban J connectivity index is 2.04. The van der Waals surface area contributed by atoms with Crippen LogP contribution in [-0.2, 0) is 4.79 Å². The minimum atomic E-state index is -0.731. The number of hydrogen-bond donors (Lipinski definition) is 1. The standard InChI is InChI=1S/C23H25N3O3/c1-13-8-11-20-18(12-13)22(28)26(19-7-5-6-14(2)15(19)3)23(29)25(20)16(4)21(27)24-17-9-10-17/h5-8,11-12,16-17H,9-10H2,1-4H3,(H,24,27)/t16-/m0/s1. The van der Waals surface area contributed by atoms with Gasteiger partial charge in [0.25, 0.3) is 5.56 Å². The van der Waals surface area contributed by atoms with Crippen molar-refractivity contribution in [1.29, 1.82) is 0 Å². The normalized spacial score (nSPS) is 14.8. The molecule has 0 spiro atoms. The van der Waals surface area contributed by atoms with E-state index in [0.717, 1.165) is 29.5 Å². The largest absolute Gasteiger partial charge is 0.352 e. The third-order valence-corrected chi connectivity index (χ3v) is 5.75. The summed E-state index contributed by atoms with van der Waals surface area (Å²) in [7, 11) is 0. The summed E-state index contributed by atoms with van der Waals surface area (Å²) in [5.74, 6) is -0.206. The molecule has 1 amide bonds. The highest BCUT2D eigenvalue weighted by molar-refractivity contribution is 5.85. The topological polar surface area (TPSA) is 73.1 Å². The lowest BCUT2D eigenvalue weighted by atomic mass is 10.1. The van der Waals surface area contributed by atoms with Crippen LogP contribution in [0, 0.1) is 20.8 Å². The summed E-state index contributed by atoms with van der Waals surface area (Å²) in [6.07, 6.45) is 1.94. The molecule has 0 aliphatic heterocycles. The van der Waals surface area contributed by atoms with Gasteiger partial charge in [-0.2, -0.15) is 0 Å². The number of nitrogens with zero attached hydrogens (tertiary/aromatic N) is 2. The van der Waals surface area contributed by atoms with E-state index in [4.69, 9.17) is 0 Å². The van der Waals surface area contributed by atoms with Crippen molar-refractivity contribution < 1.29 is 4.79 Å². The van der Waals surface area contributed by atoms with Crippen molar-refractivity contribution >= 4 is 16.8 Å². The summed E-state index contributed by atoms with van der Waals surface area (Å²) in [5.41, 5.74) is 2.93. The zero-order chi connectivity index (χ0) is 20.9. The van der Waals surface area contributed by atoms with Crippen molar-refractivity contribution in [1.82, 2.24) is 14.5 Å². The van der Waals surface area contributed by atoms with Gasteiger partial charge in [0.1, 0.15) is 6.04 Å². The monoisotopic (exact) mass is 391 g/mol. The highest BCUT2D eigenvalue weighted by Gasteiger charge is 2.28. The van der Waals surface area contributed by atoms with E-state index in [1.807, 2.05) is 39.0 Å². The molecule has 4 rings (SSSR count). The number of carbonyl (C=O) groups excluding carboxylic acids is 1. The van der Waals surface area contributed by atoms with E-state index in [0.29, 0.717) is 16.6 Å². The summed E-state index contributed by atoms with van der Waals surface area (Å²) < 4.78 is 2.64. The van der Waals surface area contributed by atoms with Gasteiger partial charge in [-0.05, 0) is 69.9 Å². The lowest BCUT2D eigenvalue weighted by molar-refractivity contribution is -0.124. The molecule has 6 nitrogen and oxygen atoms in total. The van der Waals surface area contributed by atoms with Crippen LogP contribution >= 0.6 is 0 Å². The highest BCUT2D eigenvalue weighted by Crippen LogP contribution is 2.22. The molecule has 29 heavy (non-hydrogen) atoms. The fourth-order valence-electron chi connectivity index (χ4n) is 3.68. The zero-order valence-corrected chi connectivity index (χ0v) is 17.2. The van der Waals surface area contributed by atoms with Gasteiger partial charge in [-0.1, -0.05) is 23.8 Å². The molecular formula is C23H25N3O3. The second-order valence-electron chi connectivity index (χ2n) is 7.99. The molecule has 0 saturated heterocycles. The second-order valence-corrected chi connectivity index (χ2v) is 7.99. The molecule has 3 aromatic rings. The summed E-state index contributed by atoms with van der Waals surface area (Å²) in [6.45, 7) is 7.44. The van der Waals surface area contributed by atoms with Crippen LogP contribution in [0.3, 0.4) is 0 Å². The van der Waals surface area contributed by atoms with E-state index in [2.05, 4.69) is 5.32 Å². The number of benzene rings is 2. The van der Waals surface area contributed by atoms with Crippen molar-refractivity contribution in [2.75, 3.05) is 0 Å². The van der Waals surface area contributed by atoms with Gasteiger partial charge in [-0.15, -0.1) is 0 Å². The van der Waals surface area contributed by atoms with Crippen LogP contribution in [-0.4, -0.2) is 21.1 Å².